The van der Waals surface area contributed by atoms with E-state index < -0.39 is 5.91 Å². The maximum atomic E-state index is 11.0. The highest BCUT2D eigenvalue weighted by molar-refractivity contribution is 5.93. The summed E-state index contributed by atoms with van der Waals surface area (Å²) in [6.45, 7) is 2.37. The lowest BCUT2D eigenvalue weighted by molar-refractivity contribution is 0.100. The Hall–Kier alpha value is -2.49. The molecule has 0 saturated heterocycles. The van der Waals surface area contributed by atoms with E-state index in [9.17, 15) is 4.79 Å². The first-order chi connectivity index (χ1) is 9.06. The van der Waals surface area contributed by atoms with Gasteiger partial charge in [0, 0.05) is 16.8 Å². The van der Waals surface area contributed by atoms with Gasteiger partial charge >= 0.3 is 0 Å². The fraction of sp³-hybridized carbons (Fsp3) is 0.133. The highest BCUT2D eigenvalue weighted by Gasteiger charge is 2.05. The topological polar surface area (TPSA) is 78.3 Å². The Bertz CT molecular complexity index is 592. The molecule has 4 heteroatoms. The van der Waals surface area contributed by atoms with Crippen LogP contribution in [0.25, 0.3) is 0 Å². The number of hydrogen-bond donors (Lipinski definition) is 2. The Labute approximate surface area is 112 Å². The molecule has 19 heavy (non-hydrogen) atoms. The molecule has 0 unspecified atom stereocenters. The molecule has 0 aliphatic heterocycles. The molecule has 2 aromatic rings. The lowest BCUT2D eigenvalue weighted by Crippen LogP contribution is -2.12. The summed E-state index contributed by atoms with van der Waals surface area (Å²) < 4.78 is 5.63. The number of ether oxygens (including phenoxy) is 1. The summed E-state index contributed by atoms with van der Waals surface area (Å²) in [5.41, 5.74) is 14.0. The number of hydrogen-bond acceptors (Lipinski definition) is 3. The van der Waals surface area contributed by atoms with E-state index in [4.69, 9.17) is 16.2 Å². The van der Waals surface area contributed by atoms with Gasteiger partial charge in [0.1, 0.15) is 12.4 Å². The number of aryl methyl sites for hydroxylation is 1. The molecule has 0 aliphatic rings. The third-order valence-electron chi connectivity index (χ3n) is 2.85. The molecule has 0 radical (unpaired) electrons. The fourth-order valence-electron chi connectivity index (χ4n) is 1.68. The highest BCUT2D eigenvalue weighted by Crippen LogP contribution is 2.18. The van der Waals surface area contributed by atoms with E-state index in [0.29, 0.717) is 17.9 Å². The van der Waals surface area contributed by atoms with Crippen molar-refractivity contribution in [1.82, 2.24) is 0 Å². The van der Waals surface area contributed by atoms with Gasteiger partial charge in [-0.2, -0.15) is 0 Å². The van der Waals surface area contributed by atoms with Crippen LogP contribution in [0.2, 0.25) is 0 Å². The van der Waals surface area contributed by atoms with Crippen molar-refractivity contribution >= 4 is 11.6 Å². The van der Waals surface area contributed by atoms with E-state index in [2.05, 4.69) is 0 Å². The summed E-state index contributed by atoms with van der Waals surface area (Å²) in [7, 11) is 0. The number of nitrogen functional groups attached to an aromatic ring is 1. The molecular weight excluding hydrogens is 240 g/mol. The van der Waals surface area contributed by atoms with Gasteiger partial charge in [0.25, 0.3) is 0 Å². The molecule has 2 rings (SSSR count). The zero-order valence-electron chi connectivity index (χ0n) is 10.7. The molecule has 0 saturated carbocycles. The highest BCUT2D eigenvalue weighted by atomic mass is 16.5. The average molecular weight is 256 g/mol. The number of amides is 1. The maximum Gasteiger partial charge on any atom is 0.248 e. The first kappa shape index (κ1) is 13.0. The number of carbonyl (C=O) groups is 1. The SMILES string of the molecule is Cc1ccc(OCc2ccc(C(N)=O)cc2N)cc1. The molecule has 0 heterocycles. The Kier molecular flexibility index (Phi) is 3.71. The summed E-state index contributed by atoms with van der Waals surface area (Å²) in [6.07, 6.45) is 0. The molecular formula is C15H16N2O2. The first-order valence-corrected chi connectivity index (χ1v) is 5.94. The number of primary amides is 1. The van der Waals surface area contributed by atoms with Gasteiger partial charge in [-0.25, -0.2) is 0 Å². The van der Waals surface area contributed by atoms with Crippen LogP contribution in [0, 0.1) is 6.92 Å². The third kappa shape index (κ3) is 3.25. The minimum atomic E-state index is -0.488. The first-order valence-electron chi connectivity index (χ1n) is 5.94. The van der Waals surface area contributed by atoms with Crippen molar-refractivity contribution in [3.8, 4) is 5.75 Å². The van der Waals surface area contributed by atoms with Crippen molar-refractivity contribution in [2.75, 3.05) is 5.73 Å². The standard InChI is InChI=1S/C15H16N2O2/c1-10-2-6-13(7-3-10)19-9-12-5-4-11(15(17)18)8-14(12)16/h2-8H,9,16H2,1H3,(H2,17,18). The van der Waals surface area contributed by atoms with Gasteiger partial charge in [-0.3, -0.25) is 4.79 Å². The summed E-state index contributed by atoms with van der Waals surface area (Å²) in [6, 6.07) is 12.7. The summed E-state index contributed by atoms with van der Waals surface area (Å²) in [5.74, 6) is 0.293. The zero-order chi connectivity index (χ0) is 13.8. The van der Waals surface area contributed by atoms with E-state index in [1.54, 1.807) is 18.2 Å². The van der Waals surface area contributed by atoms with Gasteiger partial charge in [-0.15, -0.1) is 0 Å². The average Bonchev–Trinajstić information content (AvgIpc) is 2.39. The number of rotatable bonds is 4. The van der Waals surface area contributed by atoms with Crippen LogP contribution >= 0.6 is 0 Å². The van der Waals surface area contributed by atoms with Crippen LogP contribution in [0.1, 0.15) is 21.5 Å². The molecule has 0 bridgehead atoms. The largest absolute Gasteiger partial charge is 0.489 e. The second-order valence-corrected chi connectivity index (χ2v) is 4.38. The Morgan fingerprint density at radius 2 is 1.84 bits per heavy atom. The van der Waals surface area contributed by atoms with E-state index in [1.165, 1.54) is 5.56 Å². The number of anilines is 1. The van der Waals surface area contributed by atoms with E-state index in [0.717, 1.165) is 11.3 Å². The summed E-state index contributed by atoms with van der Waals surface area (Å²) in [4.78, 5) is 11.0. The van der Waals surface area contributed by atoms with E-state index in [1.807, 2.05) is 31.2 Å². The predicted octanol–water partition coefficient (Wildman–Crippen LogP) is 2.26. The normalized spacial score (nSPS) is 10.2. The van der Waals surface area contributed by atoms with Crippen molar-refractivity contribution in [3.05, 3.63) is 59.2 Å². The third-order valence-corrected chi connectivity index (χ3v) is 2.85. The van der Waals surface area contributed by atoms with Gasteiger partial charge in [0.2, 0.25) is 5.91 Å². The smallest absolute Gasteiger partial charge is 0.248 e. The van der Waals surface area contributed by atoms with Crippen LogP contribution in [-0.2, 0) is 6.61 Å². The van der Waals surface area contributed by atoms with Gasteiger partial charge in [0.15, 0.2) is 0 Å². The molecule has 0 aromatic heterocycles. The molecule has 0 spiro atoms. The molecule has 0 atom stereocenters. The molecule has 1 amide bonds. The van der Waals surface area contributed by atoms with Crippen molar-refractivity contribution in [1.29, 1.82) is 0 Å². The maximum absolute atomic E-state index is 11.0. The van der Waals surface area contributed by atoms with Crippen LogP contribution in [-0.4, -0.2) is 5.91 Å². The van der Waals surface area contributed by atoms with Crippen molar-refractivity contribution < 1.29 is 9.53 Å². The second kappa shape index (κ2) is 5.44. The fourth-order valence-corrected chi connectivity index (χ4v) is 1.68. The quantitative estimate of drug-likeness (QED) is 0.823. The minimum Gasteiger partial charge on any atom is -0.489 e. The number of carbonyl (C=O) groups excluding carboxylic acids is 1. The Morgan fingerprint density at radius 3 is 2.42 bits per heavy atom. The molecule has 0 fully saturated rings. The van der Waals surface area contributed by atoms with Crippen molar-refractivity contribution in [2.45, 2.75) is 13.5 Å². The van der Waals surface area contributed by atoms with Gasteiger partial charge < -0.3 is 16.2 Å². The molecule has 0 aliphatic carbocycles. The Morgan fingerprint density at radius 1 is 1.16 bits per heavy atom. The van der Waals surface area contributed by atoms with Crippen LogP contribution in [0.15, 0.2) is 42.5 Å². The molecule has 2 aromatic carbocycles. The van der Waals surface area contributed by atoms with E-state index >= 15 is 0 Å². The monoisotopic (exact) mass is 256 g/mol. The van der Waals surface area contributed by atoms with Crippen molar-refractivity contribution in [3.63, 3.8) is 0 Å². The number of benzene rings is 2. The van der Waals surface area contributed by atoms with Gasteiger partial charge in [0.05, 0.1) is 0 Å². The summed E-state index contributed by atoms with van der Waals surface area (Å²) >= 11 is 0. The molecule has 98 valence electrons. The number of nitrogens with two attached hydrogens (primary N) is 2. The van der Waals surface area contributed by atoms with Gasteiger partial charge in [-0.1, -0.05) is 23.8 Å². The van der Waals surface area contributed by atoms with Crippen LogP contribution < -0.4 is 16.2 Å². The molecule has 4 nitrogen and oxygen atoms in total. The van der Waals surface area contributed by atoms with Gasteiger partial charge in [-0.05, 0) is 31.2 Å². The summed E-state index contributed by atoms with van der Waals surface area (Å²) in [5, 5.41) is 0. The predicted molar refractivity (Wildman–Crippen MR) is 74.9 cm³/mol. The van der Waals surface area contributed by atoms with Crippen LogP contribution in [0.4, 0.5) is 5.69 Å². The minimum absolute atomic E-state index is 0.355. The second-order valence-electron chi connectivity index (χ2n) is 4.38. The van der Waals surface area contributed by atoms with Crippen LogP contribution in [0.3, 0.4) is 0 Å². The Balaban J connectivity index is 2.07. The lowest BCUT2D eigenvalue weighted by atomic mass is 10.1. The van der Waals surface area contributed by atoms with Crippen LogP contribution in [0.5, 0.6) is 5.75 Å². The zero-order valence-corrected chi connectivity index (χ0v) is 10.7. The molecule has 4 N–H and O–H groups in total. The van der Waals surface area contributed by atoms with E-state index in [-0.39, 0.29) is 0 Å². The van der Waals surface area contributed by atoms with Crippen molar-refractivity contribution in [2.24, 2.45) is 5.73 Å². The lowest BCUT2D eigenvalue weighted by Gasteiger charge is -2.09.